The quantitative estimate of drug-likeness (QED) is 0.504. The van der Waals surface area contributed by atoms with Gasteiger partial charge in [-0.3, -0.25) is 0 Å². The van der Waals surface area contributed by atoms with Crippen LogP contribution in [0.25, 0.3) is 0 Å². The van der Waals surface area contributed by atoms with E-state index >= 15 is 0 Å². The fourth-order valence-corrected chi connectivity index (χ4v) is 3.01. The van der Waals surface area contributed by atoms with E-state index in [1.54, 1.807) is 11.8 Å². The number of anilines is 1. The molecule has 0 aliphatic rings. The highest BCUT2D eigenvalue weighted by molar-refractivity contribution is 7.99. The number of ether oxygens (including phenoxy) is 1. The second-order valence-electron chi connectivity index (χ2n) is 4.99. The molecule has 0 saturated heterocycles. The molecule has 0 aliphatic carbocycles. The maximum atomic E-state index is 5.90. The normalized spacial score (nSPS) is 10.6. The maximum Gasteiger partial charge on any atom is 0.119 e. The zero-order valence-electron chi connectivity index (χ0n) is 12.3. The second kappa shape index (κ2) is 6.71. The van der Waals surface area contributed by atoms with Crippen LogP contribution in [-0.4, -0.2) is 12.4 Å². The summed E-state index contributed by atoms with van der Waals surface area (Å²) in [7, 11) is 0. The fourth-order valence-electron chi connectivity index (χ4n) is 2.12. The molecule has 0 saturated carbocycles. The number of thioether (sulfide) groups is 1. The van der Waals surface area contributed by atoms with Crippen LogP contribution < -0.4 is 10.5 Å². The fraction of sp³-hybridized carbons (Fsp3) is 0.294. The number of nitrogens with two attached hydrogens (primary N) is 1. The topological polar surface area (TPSA) is 35.2 Å². The monoisotopic (exact) mass is 287 g/mol. The first-order valence-corrected chi connectivity index (χ1v) is 7.74. The van der Waals surface area contributed by atoms with Gasteiger partial charge < -0.3 is 10.5 Å². The Kier molecular flexibility index (Phi) is 4.96. The number of benzene rings is 2. The minimum atomic E-state index is 0.696. The van der Waals surface area contributed by atoms with E-state index in [-0.39, 0.29) is 0 Å². The van der Waals surface area contributed by atoms with Crippen LogP contribution in [-0.2, 0) is 0 Å². The summed E-state index contributed by atoms with van der Waals surface area (Å²) >= 11 is 1.78. The van der Waals surface area contributed by atoms with Gasteiger partial charge in [0.05, 0.1) is 6.61 Å². The lowest BCUT2D eigenvalue weighted by molar-refractivity contribution is 0.343. The molecule has 0 unspecified atom stereocenters. The molecule has 0 heterocycles. The smallest absolute Gasteiger partial charge is 0.119 e. The molecule has 0 atom stereocenters. The summed E-state index contributed by atoms with van der Waals surface area (Å²) in [4.78, 5) is 1.23. The Balaban J connectivity index is 1.86. The van der Waals surface area contributed by atoms with Crippen LogP contribution in [0.1, 0.15) is 16.7 Å². The van der Waals surface area contributed by atoms with Gasteiger partial charge in [-0.15, -0.1) is 11.8 Å². The van der Waals surface area contributed by atoms with Crippen molar-refractivity contribution in [1.82, 2.24) is 0 Å². The van der Waals surface area contributed by atoms with E-state index in [1.165, 1.54) is 16.0 Å². The average molecular weight is 287 g/mol. The Morgan fingerprint density at radius 3 is 2.45 bits per heavy atom. The number of hydrogen-bond acceptors (Lipinski definition) is 3. The van der Waals surface area contributed by atoms with E-state index < -0.39 is 0 Å². The van der Waals surface area contributed by atoms with E-state index in [1.807, 2.05) is 12.1 Å². The first-order chi connectivity index (χ1) is 9.56. The first-order valence-electron chi connectivity index (χ1n) is 6.75. The molecule has 2 nitrogen and oxygen atoms in total. The molecule has 20 heavy (non-hydrogen) atoms. The molecule has 0 aliphatic heterocycles. The summed E-state index contributed by atoms with van der Waals surface area (Å²) < 4.78 is 5.81. The zero-order chi connectivity index (χ0) is 14.5. The summed E-state index contributed by atoms with van der Waals surface area (Å²) in [5.41, 5.74) is 10.4. The summed E-state index contributed by atoms with van der Waals surface area (Å²) in [6.45, 7) is 6.93. The van der Waals surface area contributed by atoms with Gasteiger partial charge in [-0.2, -0.15) is 0 Å². The molecule has 0 aromatic heterocycles. The van der Waals surface area contributed by atoms with Crippen molar-refractivity contribution in [3.8, 4) is 5.75 Å². The summed E-state index contributed by atoms with van der Waals surface area (Å²) in [6.07, 6.45) is 0. The molecule has 2 aromatic rings. The van der Waals surface area contributed by atoms with E-state index in [9.17, 15) is 0 Å². The minimum absolute atomic E-state index is 0.696. The van der Waals surface area contributed by atoms with Gasteiger partial charge in [-0.05, 0) is 61.7 Å². The molecular formula is C17H21NOS. The third-order valence-electron chi connectivity index (χ3n) is 3.13. The summed E-state index contributed by atoms with van der Waals surface area (Å²) in [5, 5.41) is 0. The molecule has 2 rings (SSSR count). The van der Waals surface area contributed by atoms with Gasteiger partial charge in [0, 0.05) is 16.3 Å². The van der Waals surface area contributed by atoms with Crippen LogP contribution in [0.15, 0.2) is 41.3 Å². The van der Waals surface area contributed by atoms with E-state index in [0.29, 0.717) is 6.61 Å². The molecule has 2 N–H and O–H groups in total. The molecule has 0 fully saturated rings. The zero-order valence-corrected chi connectivity index (χ0v) is 13.1. The summed E-state index contributed by atoms with van der Waals surface area (Å²) in [5.74, 6) is 1.87. The molecular weight excluding hydrogens is 266 g/mol. The standard InChI is InChI=1S/C17H21NOS/c1-12-9-13(2)11-15(10-12)19-7-8-20-17-6-4-5-16(18)14(17)3/h4-6,9-11H,7-8,18H2,1-3H3. The largest absolute Gasteiger partial charge is 0.493 e. The Hall–Kier alpha value is -1.61. The molecule has 106 valence electrons. The SMILES string of the molecule is Cc1cc(C)cc(OCCSc2cccc(N)c2C)c1. The van der Waals surface area contributed by atoms with E-state index in [2.05, 4.69) is 45.0 Å². The lowest BCUT2D eigenvalue weighted by Gasteiger charge is -2.10. The number of hydrogen-bond donors (Lipinski definition) is 1. The average Bonchev–Trinajstić information content (AvgIpc) is 2.38. The van der Waals surface area contributed by atoms with Gasteiger partial charge in [0.2, 0.25) is 0 Å². The Labute approximate surface area is 125 Å². The Morgan fingerprint density at radius 1 is 1.05 bits per heavy atom. The molecule has 0 spiro atoms. The van der Waals surface area contributed by atoms with Gasteiger partial charge >= 0.3 is 0 Å². The third-order valence-corrected chi connectivity index (χ3v) is 4.25. The highest BCUT2D eigenvalue weighted by Gasteiger charge is 2.02. The number of aryl methyl sites for hydroxylation is 2. The number of rotatable bonds is 5. The van der Waals surface area contributed by atoms with Crippen molar-refractivity contribution in [3.63, 3.8) is 0 Å². The van der Waals surface area contributed by atoms with Gasteiger partial charge in [-0.1, -0.05) is 12.1 Å². The Bertz CT molecular complexity index is 575. The van der Waals surface area contributed by atoms with Crippen LogP contribution in [0.4, 0.5) is 5.69 Å². The van der Waals surface area contributed by atoms with Gasteiger partial charge in [0.1, 0.15) is 5.75 Å². The van der Waals surface area contributed by atoms with E-state index in [4.69, 9.17) is 10.5 Å². The van der Waals surface area contributed by atoms with Gasteiger partial charge in [-0.25, -0.2) is 0 Å². The van der Waals surface area contributed by atoms with Crippen molar-refractivity contribution in [2.75, 3.05) is 18.1 Å². The lowest BCUT2D eigenvalue weighted by atomic mass is 10.1. The maximum absolute atomic E-state index is 5.90. The van der Waals surface area contributed by atoms with E-state index in [0.717, 1.165) is 22.8 Å². The van der Waals surface area contributed by atoms with Crippen molar-refractivity contribution in [2.24, 2.45) is 0 Å². The molecule has 0 radical (unpaired) electrons. The molecule has 0 bridgehead atoms. The van der Waals surface area contributed by atoms with Gasteiger partial charge in [0.15, 0.2) is 0 Å². The molecule has 0 amide bonds. The van der Waals surface area contributed by atoms with Crippen molar-refractivity contribution in [1.29, 1.82) is 0 Å². The highest BCUT2D eigenvalue weighted by Crippen LogP contribution is 2.26. The van der Waals surface area contributed by atoms with Crippen LogP contribution in [0.2, 0.25) is 0 Å². The third kappa shape index (κ3) is 3.94. The predicted molar refractivity (Wildman–Crippen MR) is 87.7 cm³/mol. The van der Waals surface area contributed by atoms with Crippen molar-refractivity contribution in [3.05, 3.63) is 53.1 Å². The highest BCUT2D eigenvalue weighted by atomic mass is 32.2. The molecule has 2 aromatic carbocycles. The lowest BCUT2D eigenvalue weighted by Crippen LogP contribution is -2.01. The second-order valence-corrected chi connectivity index (χ2v) is 6.13. The van der Waals surface area contributed by atoms with Crippen LogP contribution >= 0.6 is 11.8 Å². The van der Waals surface area contributed by atoms with Crippen LogP contribution in [0, 0.1) is 20.8 Å². The number of nitrogen functional groups attached to an aromatic ring is 1. The van der Waals surface area contributed by atoms with Crippen LogP contribution in [0.3, 0.4) is 0 Å². The summed E-state index contributed by atoms with van der Waals surface area (Å²) in [6, 6.07) is 12.3. The Morgan fingerprint density at radius 2 is 1.75 bits per heavy atom. The predicted octanol–water partition coefficient (Wildman–Crippen LogP) is 4.37. The van der Waals surface area contributed by atoms with Crippen molar-refractivity contribution in [2.45, 2.75) is 25.7 Å². The van der Waals surface area contributed by atoms with Gasteiger partial charge in [0.25, 0.3) is 0 Å². The van der Waals surface area contributed by atoms with Crippen molar-refractivity contribution >= 4 is 17.4 Å². The van der Waals surface area contributed by atoms with Crippen LogP contribution in [0.5, 0.6) is 5.75 Å². The minimum Gasteiger partial charge on any atom is -0.493 e. The molecule has 3 heteroatoms. The van der Waals surface area contributed by atoms with Crippen molar-refractivity contribution < 1.29 is 4.74 Å². The first kappa shape index (κ1) is 14.8.